The first-order valence-corrected chi connectivity index (χ1v) is 4.24. The van der Waals surface area contributed by atoms with E-state index in [1.54, 1.807) is 6.08 Å². The number of ether oxygens (including phenoxy) is 1. The predicted octanol–water partition coefficient (Wildman–Crippen LogP) is 2.43. The summed E-state index contributed by atoms with van der Waals surface area (Å²) in [6.45, 7) is 3.58. The summed E-state index contributed by atoms with van der Waals surface area (Å²) in [7, 11) is 1.34. The van der Waals surface area contributed by atoms with E-state index in [9.17, 15) is 4.79 Å². The van der Waals surface area contributed by atoms with E-state index in [2.05, 4.69) is 11.3 Å². The van der Waals surface area contributed by atoms with E-state index in [1.807, 2.05) is 36.4 Å². The third-order valence-electron chi connectivity index (χ3n) is 1.72. The molecular formula is C12H12O2. The quantitative estimate of drug-likeness (QED) is 0.413. The van der Waals surface area contributed by atoms with E-state index < -0.39 is 5.97 Å². The molecule has 14 heavy (non-hydrogen) atoms. The van der Waals surface area contributed by atoms with Gasteiger partial charge in [0.2, 0.25) is 0 Å². The number of carbonyl (C=O) groups excluding carboxylic acids is 1. The van der Waals surface area contributed by atoms with Crippen molar-refractivity contribution in [3.63, 3.8) is 0 Å². The van der Waals surface area contributed by atoms with Crippen molar-refractivity contribution < 1.29 is 9.53 Å². The maximum atomic E-state index is 11.0. The zero-order valence-corrected chi connectivity index (χ0v) is 8.07. The number of carbonyl (C=O) groups is 1. The minimum atomic E-state index is -0.405. The van der Waals surface area contributed by atoms with Gasteiger partial charge in [-0.2, -0.15) is 0 Å². The first kappa shape index (κ1) is 10.3. The van der Waals surface area contributed by atoms with Gasteiger partial charge in [0.05, 0.1) is 12.7 Å². The van der Waals surface area contributed by atoms with Gasteiger partial charge in [-0.25, -0.2) is 4.79 Å². The van der Waals surface area contributed by atoms with E-state index in [4.69, 9.17) is 0 Å². The minimum Gasteiger partial charge on any atom is -0.465 e. The van der Waals surface area contributed by atoms with Crippen molar-refractivity contribution in [1.29, 1.82) is 0 Å². The summed E-state index contributed by atoms with van der Waals surface area (Å²) in [6, 6.07) is 9.69. The van der Waals surface area contributed by atoms with Crippen molar-refractivity contribution in [1.82, 2.24) is 0 Å². The Kier molecular flexibility index (Phi) is 3.68. The number of hydrogen-bond donors (Lipinski definition) is 0. The molecule has 1 aromatic rings. The van der Waals surface area contributed by atoms with Crippen molar-refractivity contribution in [2.75, 3.05) is 7.11 Å². The first-order valence-electron chi connectivity index (χ1n) is 4.24. The van der Waals surface area contributed by atoms with E-state index >= 15 is 0 Å². The molecule has 0 N–H and O–H groups in total. The molecule has 0 unspecified atom stereocenters. The molecule has 0 aliphatic rings. The number of benzene rings is 1. The average molecular weight is 188 g/mol. The molecule has 1 aromatic carbocycles. The van der Waals surface area contributed by atoms with Crippen LogP contribution in [-0.4, -0.2) is 13.1 Å². The van der Waals surface area contributed by atoms with Crippen molar-refractivity contribution in [3.8, 4) is 0 Å². The van der Waals surface area contributed by atoms with Gasteiger partial charge in [-0.15, -0.1) is 0 Å². The fraction of sp³-hybridized carbons (Fsp3) is 0.0833. The normalized spacial score (nSPS) is 10.1. The number of hydrogen-bond acceptors (Lipinski definition) is 2. The minimum absolute atomic E-state index is 0.344. The molecule has 0 amide bonds. The monoisotopic (exact) mass is 188 g/mol. The third kappa shape index (κ3) is 2.90. The van der Waals surface area contributed by atoms with E-state index in [0.717, 1.165) is 5.56 Å². The van der Waals surface area contributed by atoms with Gasteiger partial charge >= 0.3 is 5.97 Å². The lowest BCUT2D eigenvalue weighted by molar-refractivity contribution is -0.135. The van der Waals surface area contributed by atoms with Gasteiger partial charge < -0.3 is 4.74 Å². The Hall–Kier alpha value is -1.83. The van der Waals surface area contributed by atoms with Gasteiger partial charge in [-0.1, -0.05) is 43.0 Å². The Morgan fingerprint density at radius 1 is 1.36 bits per heavy atom. The van der Waals surface area contributed by atoms with Crippen molar-refractivity contribution >= 4 is 12.0 Å². The van der Waals surface area contributed by atoms with Crippen molar-refractivity contribution in [2.45, 2.75) is 0 Å². The number of methoxy groups -OCH3 is 1. The molecule has 0 radical (unpaired) electrons. The van der Waals surface area contributed by atoms with E-state index in [1.165, 1.54) is 7.11 Å². The molecule has 0 saturated carbocycles. The van der Waals surface area contributed by atoms with Gasteiger partial charge in [0.15, 0.2) is 0 Å². The fourth-order valence-corrected chi connectivity index (χ4v) is 0.960. The molecule has 0 heterocycles. The molecule has 0 aliphatic carbocycles. The van der Waals surface area contributed by atoms with Gasteiger partial charge in [0, 0.05) is 0 Å². The fourth-order valence-electron chi connectivity index (χ4n) is 0.960. The Morgan fingerprint density at radius 3 is 2.57 bits per heavy atom. The van der Waals surface area contributed by atoms with Crippen LogP contribution in [0.15, 0.2) is 48.6 Å². The second-order valence-corrected chi connectivity index (χ2v) is 2.76. The molecule has 2 nitrogen and oxygen atoms in total. The lowest BCUT2D eigenvalue weighted by atomic mass is 10.2. The lowest BCUT2D eigenvalue weighted by Gasteiger charge is -1.96. The highest BCUT2D eigenvalue weighted by atomic mass is 16.5. The highest BCUT2D eigenvalue weighted by Crippen LogP contribution is 2.04. The van der Waals surface area contributed by atoms with Crippen molar-refractivity contribution in [2.24, 2.45) is 0 Å². The van der Waals surface area contributed by atoms with Gasteiger partial charge in [0.25, 0.3) is 0 Å². The Balaban J connectivity index is 2.65. The predicted molar refractivity (Wildman–Crippen MR) is 56.6 cm³/mol. The van der Waals surface area contributed by atoms with Crippen LogP contribution >= 0.6 is 0 Å². The molecule has 0 saturated heterocycles. The number of esters is 1. The Morgan fingerprint density at radius 2 is 2.00 bits per heavy atom. The molecule has 72 valence electrons. The highest BCUT2D eigenvalue weighted by molar-refractivity contribution is 5.91. The second-order valence-electron chi connectivity index (χ2n) is 2.76. The van der Waals surface area contributed by atoms with E-state index in [0.29, 0.717) is 5.57 Å². The summed E-state index contributed by atoms with van der Waals surface area (Å²) in [6.07, 6.45) is 3.46. The molecule has 0 spiro atoms. The van der Waals surface area contributed by atoms with Crippen LogP contribution in [0.1, 0.15) is 5.56 Å². The topological polar surface area (TPSA) is 26.3 Å². The summed E-state index contributed by atoms with van der Waals surface area (Å²) in [5, 5.41) is 0. The summed E-state index contributed by atoms with van der Waals surface area (Å²) < 4.78 is 4.51. The van der Waals surface area contributed by atoms with Crippen molar-refractivity contribution in [3.05, 3.63) is 54.1 Å². The Labute approximate surface area is 83.5 Å². The van der Waals surface area contributed by atoms with Crippen LogP contribution in [0, 0.1) is 0 Å². The van der Waals surface area contributed by atoms with Crippen LogP contribution in [-0.2, 0) is 9.53 Å². The van der Waals surface area contributed by atoms with Gasteiger partial charge in [-0.05, 0) is 11.6 Å². The van der Waals surface area contributed by atoms with Crippen LogP contribution in [0.2, 0.25) is 0 Å². The summed E-state index contributed by atoms with van der Waals surface area (Å²) in [4.78, 5) is 11.0. The lowest BCUT2D eigenvalue weighted by Crippen LogP contribution is -2.00. The van der Waals surface area contributed by atoms with E-state index in [-0.39, 0.29) is 0 Å². The molecule has 0 bridgehead atoms. The van der Waals surface area contributed by atoms with Gasteiger partial charge in [-0.3, -0.25) is 0 Å². The smallest absolute Gasteiger partial charge is 0.337 e. The molecular weight excluding hydrogens is 176 g/mol. The largest absolute Gasteiger partial charge is 0.465 e. The molecule has 0 fully saturated rings. The SMILES string of the molecule is C=C(/C=C/c1ccccc1)C(=O)OC. The third-order valence-corrected chi connectivity index (χ3v) is 1.72. The molecule has 0 aromatic heterocycles. The zero-order valence-electron chi connectivity index (χ0n) is 8.07. The van der Waals surface area contributed by atoms with Crippen LogP contribution in [0.4, 0.5) is 0 Å². The molecule has 1 rings (SSSR count). The highest BCUT2D eigenvalue weighted by Gasteiger charge is 2.00. The maximum Gasteiger partial charge on any atom is 0.337 e. The molecule has 0 aliphatic heterocycles. The van der Waals surface area contributed by atoms with Gasteiger partial charge in [0.1, 0.15) is 0 Å². The number of rotatable bonds is 3. The summed E-state index contributed by atoms with van der Waals surface area (Å²) >= 11 is 0. The maximum absolute atomic E-state index is 11.0. The standard InChI is InChI=1S/C12H12O2/c1-10(12(13)14-2)8-9-11-6-4-3-5-7-11/h3-9H,1H2,2H3/b9-8+. The van der Waals surface area contributed by atoms with Crippen LogP contribution in [0.5, 0.6) is 0 Å². The summed E-state index contributed by atoms with van der Waals surface area (Å²) in [5.74, 6) is -0.405. The second kappa shape index (κ2) is 5.02. The summed E-state index contributed by atoms with van der Waals surface area (Å²) in [5.41, 5.74) is 1.37. The average Bonchev–Trinajstić information content (AvgIpc) is 2.26. The Bertz CT molecular complexity index is 350. The van der Waals surface area contributed by atoms with Crippen LogP contribution in [0.3, 0.4) is 0 Å². The zero-order chi connectivity index (χ0) is 10.4. The molecule has 0 atom stereocenters. The molecule has 2 heteroatoms. The first-order chi connectivity index (χ1) is 6.74. The van der Waals surface area contributed by atoms with Crippen LogP contribution < -0.4 is 0 Å². The van der Waals surface area contributed by atoms with Crippen LogP contribution in [0.25, 0.3) is 6.08 Å².